The van der Waals surface area contributed by atoms with Gasteiger partial charge >= 0.3 is 5.97 Å². The van der Waals surface area contributed by atoms with Gasteiger partial charge in [0, 0.05) is 12.5 Å². The van der Waals surface area contributed by atoms with Crippen molar-refractivity contribution in [3.8, 4) is 0 Å². The summed E-state index contributed by atoms with van der Waals surface area (Å²) in [4.78, 5) is 10.8. The van der Waals surface area contributed by atoms with E-state index in [0.717, 1.165) is 18.8 Å². The summed E-state index contributed by atoms with van der Waals surface area (Å²) in [7, 11) is 1.42. The minimum absolute atomic E-state index is 0.149. The standard InChI is InChI=1S/C10H19NO2/c1-13-10(12)6-5-9(11)7-8-3-2-4-8/h8-9H,2-7,11H2,1H3. The largest absolute Gasteiger partial charge is 0.469 e. The van der Waals surface area contributed by atoms with Crippen LogP contribution in [0.3, 0.4) is 0 Å². The fourth-order valence-electron chi connectivity index (χ4n) is 1.68. The summed E-state index contributed by atoms with van der Waals surface area (Å²) in [6.45, 7) is 0. The lowest BCUT2D eigenvalue weighted by Gasteiger charge is -2.27. The minimum atomic E-state index is -0.149. The van der Waals surface area contributed by atoms with Crippen molar-refractivity contribution >= 4 is 5.97 Å². The van der Waals surface area contributed by atoms with E-state index in [0.29, 0.717) is 6.42 Å². The van der Waals surface area contributed by atoms with E-state index < -0.39 is 0 Å². The predicted octanol–water partition coefficient (Wildman–Crippen LogP) is 1.46. The summed E-state index contributed by atoms with van der Waals surface area (Å²) in [6, 6.07) is 0.185. The third-order valence-corrected chi connectivity index (χ3v) is 2.81. The van der Waals surface area contributed by atoms with E-state index in [1.54, 1.807) is 0 Å². The first-order valence-corrected chi connectivity index (χ1v) is 5.04. The molecule has 0 aromatic rings. The minimum Gasteiger partial charge on any atom is -0.469 e. The summed E-state index contributed by atoms with van der Waals surface area (Å²) in [5, 5.41) is 0. The molecule has 1 aliphatic carbocycles. The van der Waals surface area contributed by atoms with Gasteiger partial charge in [-0.2, -0.15) is 0 Å². The Hall–Kier alpha value is -0.570. The van der Waals surface area contributed by atoms with Crippen molar-refractivity contribution in [3.05, 3.63) is 0 Å². The van der Waals surface area contributed by atoms with Crippen LogP contribution in [-0.4, -0.2) is 19.1 Å². The van der Waals surface area contributed by atoms with Crippen LogP contribution in [0.15, 0.2) is 0 Å². The quantitative estimate of drug-likeness (QED) is 0.660. The molecule has 0 spiro atoms. The number of rotatable bonds is 5. The van der Waals surface area contributed by atoms with Crippen LogP contribution in [0.25, 0.3) is 0 Å². The Morgan fingerprint density at radius 3 is 2.77 bits per heavy atom. The number of carbonyl (C=O) groups is 1. The highest BCUT2D eigenvalue weighted by molar-refractivity contribution is 5.69. The molecule has 76 valence electrons. The number of hydrogen-bond acceptors (Lipinski definition) is 3. The Labute approximate surface area is 79.6 Å². The van der Waals surface area contributed by atoms with E-state index in [1.165, 1.54) is 26.4 Å². The van der Waals surface area contributed by atoms with Gasteiger partial charge in [0.1, 0.15) is 0 Å². The van der Waals surface area contributed by atoms with Gasteiger partial charge in [-0.25, -0.2) is 0 Å². The fraction of sp³-hybridized carbons (Fsp3) is 0.900. The number of carbonyl (C=O) groups excluding carboxylic acids is 1. The van der Waals surface area contributed by atoms with Gasteiger partial charge in [-0.15, -0.1) is 0 Å². The molecule has 0 aromatic carbocycles. The van der Waals surface area contributed by atoms with Crippen LogP contribution in [0.5, 0.6) is 0 Å². The van der Waals surface area contributed by atoms with Crippen molar-refractivity contribution in [2.75, 3.05) is 7.11 Å². The molecule has 3 heteroatoms. The number of ether oxygens (including phenoxy) is 1. The van der Waals surface area contributed by atoms with E-state index >= 15 is 0 Å². The van der Waals surface area contributed by atoms with Crippen LogP contribution in [0.1, 0.15) is 38.5 Å². The van der Waals surface area contributed by atoms with Gasteiger partial charge in [0.25, 0.3) is 0 Å². The van der Waals surface area contributed by atoms with Crippen molar-refractivity contribution < 1.29 is 9.53 Å². The van der Waals surface area contributed by atoms with E-state index in [1.807, 2.05) is 0 Å². The fourth-order valence-corrected chi connectivity index (χ4v) is 1.68. The molecule has 0 amide bonds. The van der Waals surface area contributed by atoms with Crippen LogP contribution in [0.2, 0.25) is 0 Å². The third kappa shape index (κ3) is 3.77. The van der Waals surface area contributed by atoms with Gasteiger partial charge in [0.2, 0.25) is 0 Å². The van der Waals surface area contributed by atoms with Crippen molar-refractivity contribution in [1.82, 2.24) is 0 Å². The van der Waals surface area contributed by atoms with Gasteiger partial charge in [0.15, 0.2) is 0 Å². The van der Waals surface area contributed by atoms with E-state index in [2.05, 4.69) is 4.74 Å². The van der Waals surface area contributed by atoms with Gasteiger partial charge in [-0.1, -0.05) is 19.3 Å². The molecule has 13 heavy (non-hydrogen) atoms. The maximum atomic E-state index is 10.8. The molecule has 1 saturated carbocycles. The highest BCUT2D eigenvalue weighted by Gasteiger charge is 2.20. The molecule has 0 saturated heterocycles. The van der Waals surface area contributed by atoms with E-state index in [4.69, 9.17) is 5.73 Å². The predicted molar refractivity (Wildman–Crippen MR) is 51.2 cm³/mol. The molecule has 1 rings (SSSR count). The molecule has 1 unspecified atom stereocenters. The topological polar surface area (TPSA) is 52.3 Å². The first kappa shape index (κ1) is 10.5. The molecular formula is C10H19NO2. The van der Waals surface area contributed by atoms with Crippen LogP contribution in [0.4, 0.5) is 0 Å². The maximum absolute atomic E-state index is 10.8. The number of esters is 1. The van der Waals surface area contributed by atoms with Crippen LogP contribution in [0, 0.1) is 5.92 Å². The Bertz CT molecular complexity index is 166. The first-order chi connectivity index (χ1) is 6.22. The molecule has 0 bridgehead atoms. The van der Waals surface area contributed by atoms with Crippen molar-refractivity contribution in [2.24, 2.45) is 11.7 Å². The molecule has 1 atom stereocenters. The summed E-state index contributed by atoms with van der Waals surface area (Å²) >= 11 is 0. The molecule has 0 radical (unpaired) electrons. The second-order valence-electron chi connectivity index (χ2n) is 3.91. The smallest absolute Gasteiger partial charge is 0.305 e. The van der Waals surface area contributed by atoms with Gasteiger partial charge in [0.05, 0.1) is 7.11 Å². The van der Waals surface area contributed by atoms with Crippen molar-refractivity contribution in [2.45, 2.75) is 44.6 Å². The molecule has 0 aliphatic heterocycles. The van der Waals surface area contributed by atoms with Crippen molar-refractivity contribution in [3.63, 3.8) is 0 Å². The van der Waals surface area contributed by atoms with Crippen LogP contribution in [-0.2, 0) is 9.53 Å². The maximum Gasteiger partial charge on any atom is 0.305 e. The zero-order chi connectivity index (χ0) is 9.68. The molecular weight excluding hydrogens is 166 g/mol. The van der Waals surface area contributed by atoms with Gasteiger partial charge in [-0.3, -0.25) is 4.79 Å². The SMILES string of the molecule is COC(=O)CCC(N)CC1CCC1. The second-order valence-corrected chi connectivity index (χ2v) is 3.91. The molecule has 0 aromatic heterocycles. The second kappa shape index (κ2) is 5.22. The molecule has 0 heterocycles. The molecule has 2 N–H and O–H groups in total. The summed E-state index contributed by atoms with van der Waals surface area (Å²) < 4.78 is 4.55. The number of methoxy groups -OCH3 is 1. The lowest BCUT2D eigenvalue weighted by molar-refractivity contribution is -0.140. The lowest BCUT2D eigenvalue weighted by Crippen LogP contribution is -2.27. The highest BCUT2D eigenvalue weighted by atomic mass is 16.5. The Balaban J connectivity index is 2.02. The summed E-state index contributed by atoms with van der Waals surface area (Å²) in [5.41, 5.74) is 5.88. The third-order valence-electron chi connectivity index (χ3n) is 2.81. The summed E-state index contributed by atoms with van der Waals surface area (Å²) in [5.74, 6) is 0.678. The molecule has 3 nitrogen and oxygen atoms in total. The Morgan fingerprint density at radius 2 is 2.31 bits per heavy atom. The van der Waals surface area contributed by atoms with Crippen LogP contribution < -0.4 is 5.73 Å². The Kier molecular flexibility index (Phi) is 4.22. The first-order valence-electron chi connectivity index (χ1n) is 5.04. The average Bonchev–Trinajstić information content (AvgIpc) is 2.07. The van der Waals surface area contributed by atoms with E-state index in [9.17, 15) is 4.79 Å². The van der Waals surface area contributed by atoms with Gasteiger partial charge in [-0.05, 0) is 18.8 Å². The van der Waals surface area contributed by atoms with Gasteiger partial charge < -0.3 is 10.5 Å². The monoisotopic (exact) mass is 185 g/mol. The normalized spacial score (nSPS) is 19.2. The lowest BCUT2D eigenvalue weighted by atomic mass is 9.80. The number of hydrogen-bond donors (Lipinski definition) is 1. The summed E-state index contributed by atoms with van der Waals surface area (Å²) in [6.07, 6.45) is 6.32. The highest BCUT2D eigenvalue weighted by Crippen LogP contribution is 2.30. The zero-order valence-electron chi connectivity index (χ0n) is 8.29. The zero-order valence-corrected chi connectivity index (χ0v) is 8.29. The van der Waals surface area contributed by atoms with Crippen LogP contribution >= 0.6 is 0 Å². The average molecular weight is 185 g/mol. The molecule has 1 aliphatic rings. The van der Waals surface area contributed by atoms with Crippen molar-refractivity contribution in [1.29, 1.82) is 0 Å². The number of nitrogens with two attached hydrogens (primary N) is 1. The Morgan fingerprint density at radius 1 is 1.62 bits per heavy atom. The van der Waals surface area contributed by atoms with E-state index in [-0.39, 0.29) is 12.0 Å². The molecule has 1 fully saturated rings.